The van der Waals surface area contributed by atoms with Gasteiger partial charge in [-0.2, -0.15) is 0 Å². The summed E-state index contributed by atoms with van der Waals surface area (Å²) in [6.45, 7) is 5.60. The van der Waals surface area contributed by atoms with Crippen molar-refractivity contribution in [2.75, 3.05) is 12.9 Å². The largest absolute Gasteiger partial charge is 0.469 e. The molecule has 0 amide bonds. The van der Waals surface area contributed by atoms with E-state index in [1.807, 2.05) is 31.2 Å². The van der Waals surface area contributed by atoms with E-state index in [2.05, 4.69) is 0 Å². The van der Waals surface area contributed by atoms with Crippen LogP contribution in [0.1, 0.15) is 32.3 Å². The SMILES string of the molecule is COC(=O)C[C@H]1C[C@@H](CS(=O)c2ccc(C)cc2)OC(C)(C)O1. The van der Waals surface area contributed by atoms with Crippen molar-refractivity contribution >= 4 is 16.8 Å². The van der Waals surface area contributed by atoms with Crippen LogP contribution in [0.5, 0.6) is 0 Å². The summed E-state index contributed by atoms with van der Waals surface area (Å²) in [7, 11) is 0.209. The van der Waals surface area contributed by atoms with Crippen LogP contribution in [0.25, 0.3) is 0 Å². The van der Waals surface area contributed by atoms with Gasteiger partial charge in [-0.1, -0.05) is 17.7 Å². The van der Waals surface area contributed by atoms with E-state index in [0.29, 0.717) is 12.2 Å². The van der Waals surface area contributed by atoms with Crippen LogP contribution < -0.4 is 0 Å². The highest BCUT2D eigenvalue weighted by Gasteiger charge is 2.37. The van der Waals surface area contributed by atoms with Crippen molar-refractivity contribution in [3.8, 4) is 0 Å². The van der Waals surface area contributed by atoms with Gasteiger partial charge in [0, 0.05) is 11.3 Å². The Labute approximate surface area is 139 Å². The molecule has 1 aliphatic heterocycles. The summed E-state index contributed by atoms with van der Waals surface area (Å²) >= 11 is 0. The zero-order valence-corrected chi connectivity index (χ0v) is 14.9. The second-order valence-electron chi connectivity index (χ2n) is 6.22. The number of carbonyl (C=O) groups is 1. The first-order valence-corrected chi connectivity index (χ1v) is 8.98. The number of aryl methyl sites for hydroxylation is 1. The van der Waals surface area contributed by atoms with Gasteiger partial charge in [0.15, 0.2) is 5.79 Å². The molecule has 0 N–H and O–H groups in total. The highest BCUT2D eigenvalue weighted by Crippen LogP contribution is 2.29. The number of esters is 1. The van der Waals surface area contributed by atoms with Gasteiger partial charge in [-0.25, -0.2) is 0 Å². The molecule has 6 heteroatoms. The third-order valence-corrected chi connectivity index (χ3v) is 5.14. The van der Waals surface area contributed by atoms with Crippen molar-refractivity contribution in [3.63, 3.8) is 0 Å². The van der Waals surface area contributed by atoms with Crippen LogP contribution in [0.2, 0.25) is 0 Å². The number of carbonyl (C=O) groups excluding carboxylic acids is 1. The predicted molar refractivity (Wildman–Crippen MR) is 87.5 cm³/mol. The first-order chi connectivity index (χ1) is 10.8. The van der Waals surface area contributed by atoms with Crippen LogP contribution >= 0.6 is 0 Å². The standard InChI is InChI=1S/C17H24O5S/c1-12-5-7-15(8-6-12)23(19)11-14-9-13(10-16(18)20-4)21-17(2,3)22-14/h5-8,13-14H,9-11H2,1-4H3/t13-,14+,23?/m1/s1. The third-order valence-electron chi connectivity index (χ3n) is 3.67. The predicted octanol–water partition coefficient (Wildman–Crippen LogP) is 2.58. The maximum Gasteiger partial charge on any atom is 0.308 e. The molecule has 0 saturated carbocycles. The maximum absolute atomic E-state index is 12.5. The second-order valence-corrected chi connectivity index (χ2v) is 7.72. The number of methoxy groups -OCH3 is 1. The lowest BCUT2D eigenvalue weighted by molar-refractivity contribution is -0.295. The lowest BCUT2D eigenvalue weighted by Gasteiger charge is -2.40. The molecule has 3 atom stereocenters. The molecule has 128 valence electrons. The van der Waals surface area contributed by atoms with Crippen LogP contribution in [0, 0.1) is 6.92 Å². The van der Waals surface area contributed by atoms with Gasteiger partial charge in [-0.3, -0.25) is 9.00 Å². The van der Waals surface area contributed by atoms with Crippen LogP contribution in [-0.2, 0) is 29.8 Å². The summed E-state index contributed by atoms with van der Waals surface area (Å²) in [6.07, 6.45) is 0.189. The van der Waals surface area contributed by atoms with E-state index in [9.17, 15) is 9.00 Å². The molecular formula is C17H24O5S. The Morgan fingerprint density at radius 3 is 2.48 bits per heavy atom. The molecule has 1 aromatic rings. The molecule has 0 aliphatic carbocycles. The quantitative estimate of drug-likeness (QED) is 0.771. The molecular weight excluding hydrogens is 316 g/mol. The van der Waals surface area contributed by atoms with Crippen molar-refractivity contribution in [2.45, 2.75) is 56.5 Å². The summed E-state index contributed by atoms with van der Waals surface area (Å²) in [5.41, 5.74) is 1.13. The molecule has 1 saturated heterocycles. The normalized spacial score (nSPS) is 24.9. The van der Waals surface area contributed by atoms with E-state index >= 15 is 0 Å². The van der Waals surface area contributed by atoms with Gasteiger partial charge in [-0.05, 0) is 32.9 Å². The van der Waals surface area contributed by atoms with Crippen molar-refractivity contribution in [1.82, 2.24) is 0 Å². The minimum Gasteiger partial charge on any atom is -0.469 e. The van der Waals surface area contributed by atoms with Crippen molar-refractivity contribution in [3.05, 3.63) is 29.8 Å². The molecule has 2 rings (SSSR count). The first-order valence-electron chi connectivity index (χ1n) is 7.66. The highest BCUT2D eigenvalue weighted by atomic mass is 32.2. The third kappa shape index (κ3) is 5.41. The molecule has 1 aromatic carbocycles. The Kier molecular flexibility index (Phi) is 5.95. The van der Waals surface area contributed by atoms with Crippen LogP contribution in [0.4, 0.5) is 0 Å². The summed E-state index contributed by atoms with van der Waals surface area (Å²) in [4.78, 5) is 12.3. The van der Waals surface area contributed by atoms with Crippen molar-refractivity contribution in [2.24, 2.45) is 0 Å². The van der Waals surface area contributed by atoms with Gasteiger partial charge in [-0.15, -0.1) is 0 Å². The Morgan fingerprint density at radius 1 is 1.26 bits per heavy atom. The molecule has 0 bridgehead atoms. The monoisotopic (exact) mass is 340 g/mol. The topological polar surface area (TPSA) is 61.8 Å². The zero-order chi connectivity index (χ0) is 17.0. The molecule has 0 radical (unpaired) electrons. The lowest BCUT2D eigenvalue weighted by atomic mass is 10.1. The molecule has 0 spiro atoms. The Hall–Kier alpha value is -1.24. The van der Waals surface area contributed by atoms with Gasteiger partial charge in [0.2, 0.25) is 0 Å². The average Bonchev–Trinajstić information content (AvgIpc) is 2.45. The van der Waals surface area contributed by atoms with E-state index in [0.717, 1.165) is 10.5 Å². The van der Waals surface area contributed by atoms with E-state index in [-0.39, 0.29) is 24.6 Å². The molecule has 1 fully saturated rings. The molecule has 1 heterocycles. The fraction of sp³-hybridized carbons (Fsp3) is 0.588. The van der Waals surface area contributed by atoms with Gasteiger partial charge in [0.25, 0.3) is 0 Å². The van der Waals surface area contributed by atoms with Gasteiger partial charge in [0.1, 0.15) is 0 Å². The number of rotatable bonds is 5. The average molecular weight is 340 g/mol. The van der Waals surface area contributed by atoms with Crippen LogP contribution in [0.3, 0.4) is 0 Å². The Morgan fingerprint density at radius 2 is 1.87 bits per heavy atom. The van der Waals surface area contributed by atoms with Crippen molar-refractivity contribution in [1.29, 1.82) is 0 Å². The Balaban J connectivity index is 2.01. The fourth-order valence-corrected chi connectivity index (χ4v) is 3.85. The lowest BCUT2D eigenvalue weighted by Crippen LogP contribution is -2.47. The highest BCUT2D eigenvalue weighted by molar-refractivity contribution is 7.85. The number of hydrogen-bond acceptors (Lipinski definition) is 5. The summed E-state index contributed by atoms with van der Waals surface area (Å²) in [6, 6.07) is 7.65. The molecule has 0 aromatic heterocycles. The van der Waals surface area contributed by atoms with E-state index in [4.69, 9.17) is 14.2 Å². The molecule has 5 nitrogen and oxygen atoms in total. The van der Waals surface area contributed by atoms with E-state index in [1.165, 1.54) is 7.11 Å². The Bertz CT molecular complexity index is 567. The molecule has 1 unspecified atom stereocenters. The zero-order valence-electron chi connectivity index (χ0n) is 14.0. The summed E-state index contributed by atoms with van der Waals surface area (Å²) in [5.74, 6) is -0.738. The minimum atomic E-state index is -1.15. The summed E-state index contributed by atoms with van der Waals surface area (Å²) < 4.78 is 28.8. The second kappa shape index (κ2) is 7.55. The van der Waals surface area contributed by atoms with Gasteiger partial charge in [0.05, 0.1) is 42.3 Å². The van der Waals surface area contributed by atoms with E-state index < -0.39 is 16.6 Å². The molecule has 1 aliphatic rings. The van der Waals surface area contributed by atoms with Crippen LogP contribution in [-0.4, -0.2) is 41.0 Å². The summed E-state index contributed by atoms with van der Waals surface area (Å²) in [5, 5.41) is 0. The van der Waals surface area contributed by atoms with Crippen molar-refractivity contribution < 1.29 is 23.2 Å². The van der Waals surface area contributed by atoms with Gasteiger partial charge < -0.3 is 14.2 Å². The number of ether oxygens (including phenoxy) is 3. The fourth-order valence-electron chi connectivity index (χ4n) is 2.67. The van der Waals surface area contributed by atoms with Crippen LogP contribution in [0.15, 0.2) is 29.2 Å². The van der Waals surface area contributed by atoms with Gasteiger partial charge >= 0.3 is 5.97 Å². The smallest absolute Gasteiger partial charge is 0.308 e. The molecule has 23 heavy (non-hydrogen) atoms. The number of benzene rings is 1. The minimum absolute atomic E-state index is 0.178. The first kappa shape index (κ1) is 18.1. The van der Waals surface area contributed by atoms with E-state index in [1.54, 1.807) is 13.8 Å². The maximum atomic E-state index is 12.5. The number of hydrogen-bond donors (Lipinski definition) is 0.